The molecule has 0 aromatic carbocycles. The van der Waals surface area contributed by atoms with E-state index in [0.717, 1.165) is 13.2 Å². The summed E-state index contributed by atoms with van der Waals surface area (Å²) >= 11 is 0. The van der Waals surface area contributed by atoms with E-state index in [-0.39, 0.29) is 6.61 Å². The van der Waals surface area contributed by atoms with Gasteiger partial charge in [0.2, 0.25) is 0 Å². The minimum Gasteiger partial charge on any atom is -0.394 e. The van der Waals surface area contributed by atoms with Crippen LogP contribution in [0.15, 0.2) is 0 Å². The van der Waals surface area contributed by atoms with Gasteiger partial charge in [-0.1, -0.05) is 0 Å². The molecule has 0 atom stereocenters. The summed E-state index contributed by atoms with van der Waals surface area (Å²) in [6, 6.07) is 0. The van der Waals surface area contributed by atoms with Gasteiger partial charge in [-0.15, -0.1) is 0 Å². The molecule has 0 unspecified atom stereocenters. The first kappa shape index (κ1) is 13.5. The molecule has 0 aromatic heterocycles. The molecule has 0 aliphatic heterocycles. The molecule has 0 aromatic rings. The van der Waals surface area contributed by atoms with Gasteiger partial charge in [-0.3, -0.25) is 0 Å². The summed E-state index contributed by atoms with van der Waals surface area (Å²) in [6.07, 6.45) is 0. The van der Waals surface area contributed by atoms with Crippen molar-refractivity contribution in [1.29, 1.82) is 0 Å². The smallest absolute Gasteiger partial charge is 0.0605 e. The third-order valence-corrected chi connectivity index (χ3v) is 0.816. The molecule has 3 N–H and O–H groups in total. The van der Waals surface area contributed by atoms with Gasteiger partial charge in [0.05, 0.1) is 6.61 Å². The van der Waals surface area contributed by atoms with Crippen LogP contribution in [0.1, 0.15) is 27.7 Å². The Hall–Kier alpha value is -0.120. The standard InChI is InChI=1S/C4H11NO.C4H10O/c1-4(2,5)3-6;1-3-5-4-2/h6H,3,5H2,1-2H3;3-4H2,1-2H3. The van der Waals surface area contributed by atoms with Gasteiger partial charge in [-0.2, -0.15) is 0 Å². The van der Waals surface area contributed by atoms with Crippen LogP contribution >= 0.6 is 0 Å². The Morgan fingerprint density at radius 3 is 1.55 bits per heavy atom. The Bertz CT molecular complexity index is 67.0. The van der Waals surface area contributed by atoms with E-state index in [1.807, 2.05) is 13.8 Å². The molecule has 70 valence electrons. The van der Waals surface area contributed by atoms with Gasteiger partial charge in [-0.05, 0) is 27.7 Å². The van der Waals surface area contributed by atoms with Crippen molar-refractivity contribution in [2.24, 2.45) is 5.73 Å². The maximum absolute atomic E-state index is 8.28. The third kappa shape index (κ3) is 25.8. The van der Waals surface area contributed by atoms with E-state index >= 15 is 0 Å². The lowest BCUT2D eigenvalue weighted by Gasteiger charge is -2.12. The summed E-state index contributed by atoms with van der Waals surface area (Å²) in [5, 5.41) is 8.28. The molecule has 0 spiro atoms. The minimum absolute atomic E-state index is 0.0486. The first-order valence-corrected chi connectivity index (χ1v) is 3.95. The van der Waals surface area contributed by atoms with Crippen molar-refractivity contribution in [2.45, 2.75) is 33.2 Å². The molecule has 0 saturated heterocycles. The van der Waals surface area contributed by atoms with E-state index in [2.05, 4.69) is 0 Å². The zero-order chi connectivity index (χ0) is 9.33. The van der Waals surface area contributed by atoms with Gasteiger partial charge in [0, 0.05) is 18.8 Å². The molecule has 3 heteroatoms. The molecule has 0 saturated carbocycles. The van der Waals surface area contributed by atoms with Crippen molar-refractivity contribution in [3.63, 3.8) is 0 Å². The van der Waals surface area contributed by atoms with Crippen LogP contribution in [0.4, 0.5) is 0 Å². The molecule has 0 aliphatic carbocycles. The Morgan fingerprint density at radius 2 is 1.55 bits per heavy atom. The molecule has 0 bridgehead atoms. The lowest BCUT2D eigenvalue weighted by Crippen LogP contribution is -2.35. The highest BCUT2D eigenvalue weighted by atomic mass is 16.5. The third-order valence-electron chi connectivity index (χ3n) is 0.816. The molecule has 3 nitrogen and oxygen atoms in total. The molecule has 11 heavy (non-hydrogen) atoms. The molecule has 0 radical (unpaired) electrons. The predicted octanol–water partition coefficient (Wildman–Crippen LogP) is 0.759. The Balaban J connectivity index is 0. The lowest BCUT2D eigenvalue weighted by molar-refractivity contribution is 0.162. The van der Waals surface area contributed by atoms with E-state index in [9.17, 15) is 0 Å². The van der Waals surface area contributed by atoms with Crippen molar-refractivity contribution < 1.29 is 9.84 Å². The van der Waals surface area contributed by atoms with Crippen LogP contribution in [0.25, 0.3) is 0 Å². The second-order valence-corrected chi connectivity index (χ2v) is 2.93. The molecule has 0 rings (SSSR count). The maximum Gasteiger partial charge on any atom is 0.0605 e. The van der Waals surface area contributed by atoms with Crippen molar-refractivity contribution in [2.75, 3.05) is 19.8 Å². The average Bonchev–Trinajstić information content (AvgIpc) is 1.90. The van der Waals surface area contributed by atoms with Gasteiger partial charge in [0.25, 0.3) is 0 Å². The van der Waals surface area contributed by atoms with E-state index in [4.69, 9.17) is 15.6 Å². The summed E-state index contributed by atoms with van der Waals surface area (Å²) in [6.45, 7) is 9.26. The predicted molar refractivity (Wildman–Crippen MR) is 47.5 cm³/mol. The summed E-state index contributed by atoms with van der Waals surface area (Å²) in [4.78, 5) is 0. The highest BCUT2D eigenvalue weighted by Gasteiger charge is 2.05. The molecule has 0 amide bonds. The number of ether oxygens (including phenoxy) is 1. The number of aliphatic hydroxyl groups excluding tert-OH is 1. The van der Waals surface area contributed by atoms with Crippen LogP contribution in [-0.2, 0) is 4.74 Å². The second kappa shape index (κ2) is 7.98. The van der Waals surface area contributed by atoms with Crippen molar-refractivity contribution in [3.05, 3.63) is 0 Å². The maximum atomic E-state index is 8.28. The van der Waals surface area contributed by atoms with Gasteiger partial charge in [0.15, 0.2) is 0 Å². The van der Waals surface area contributed by atoms with E-state index < -0.39 is 5.54 Å². The Labute approximate surface area is 69.5 Å². The van der Waals surface area contributed by atoms with Crippen LogP contribution < -0.4 is 5.73 Å². The fourth-order valence-electron chi connectivity index (χ4n) is 0.204. The summed E-state index contributed by atoms with van der Waals surface area (Å²) in [7, 11) is 0. The van der Waals surface area contributed by atoms with Gasteiger partial charge in [-0.25, -0.2) is 0 Å². The number of nitrogens with two attached hydrogens (primary N) is 1. The van der Waals surface area contributed by atoms with E-state index in [1.54, 1.807) is 13.8 Å². The first-order valence-electron chi connectivity index (χ1n) is 3.95. The normalized spacial score (nSPS) is 10.4. The topological polar surface area (TPSA) is 55.5 Å². The molecule has 0 fully saturated rings. The second-order valence-electron chi connectivity index (χ2n) is 2.93. The fraction of sp³-hybridized carbons (Fsp3) is 1.00. The molecular formula is C8H21NO2. The van der Waals surface area contributed by atoms with Crippen LogP contribution in [0.2, 0.25) is 0 Å². The van der Waals surface area contributed by atoms with Crippen LogP contribution in [-0.4, -0.2) is 30.5 Å². The quantitative estimate of drug-likeness (QED) is 0.646. The van der Waals surface area contributed by atoms with Crippen LogP contribution in [0, 0.1) is 0 Å². The van der Waals surface area contributed by atoms with Crippen LogP contribution in [0.3, 0.4) is 0 Å². The highest BCUT2D eigenvalue weighted by Crippen LogP contribution is 1.89. The van der Waals surface area contributed by atoms with Crippen molar-refractivity contribution in [3.8, 4) is 0 Å². The van der Waals surface area contributed by atoms with Crippen LogP contribution in [0.5, 0.6) is 0 Å². The minimum atomic E-state index is -0.403. The summed E-state index contributed by atoms with van der Waals surface area (Å²) < 4.78 is 4.83. The van der Waals surface area contributed by atoms with Gasteiger partial charge in [0.1, 0.15) is 0 Å². The first-order chi connectivity index (χ1) is 4.97. The van der Waals surface area contributed by atoms with Gasteiger partial charge >= 0.3 is 0 Å². The van der Waals surface area contributed by atoms with Crippen molar-refractivity contribution >= 4 is 0 Å². The van der Waals surface area contributed by atoms with E-state index in [1.165, 1.54) is 0 Å². The zero-order valence-electron chi connectivity index (χ0n) is 8.05. The number of aliphatic hydroxyl groups is 1. The monoisotopic (exact) mass is 163 g/mol. The zero-order valence-corrected chi connectivity index (χ0v) is 8.05. The summed E-state index contributed by atoms with van der Waals surface area (Å²) in [5.74, 6) is 0. The fourth-order valence-corrected chi connectivity index (χ4v) is 0.204. The highest BCUT2D eigenvalue weighted by molar-refractivity contribution is 4.67. The largest absolute Gasteiger partial charge is 0.394 e. The van der Waals surface area contributed by atoms with Crippen molar-refractivity contribution in [1.82, 2.24) is 0 Å². The van der Waals surface area contributed by atoms with Gasteiger partial charge < -0.3 is 15.6 Å². The Morgan fingerprint density at radius 1 is 1.27 bits per heavy atom. The summed E-state index contributed by atoms with van der Waals surface area (Å²) in [5.41, 5.74) is 4.88. The Kier molecular flexibility index (Phi) is 9.77. The number of hydrogen-bond donors (Lipinski definition) is 2. The van der Waals surface area contributed by atoms with E-state index in [0.29, 0.717) is 0 Å². The molecular weight excluding hydrogens is 142 g/mol. The molecule has 0 heterocycles. The number of rotatable bonds is 3. The SMILES string of the molecule is CC(C)(N)CO.CCOCC. The number of hydrogen-bond acceptors (Lipinski definition) is 3. The lowest BCUT2D eigenvalue weighted by atomic mass is 10.1. The average molecular weight is 163 g/mol. The molecule has 0 aliphatic rings.